The summed E-state index contributed by atoms with van der Waals surface area (Å²) in [4.78, 5) is 19.4. The maximum absolute atomic E-state index is 12.6. The number of likely N-dealkylation sites (tertiary alicyclic amines) is 1. The molecule has 0 saturated carbocycles. The fourth-order valence-corrected chi connectivity index (χ4v) is 4.05. The number of carbonyl (C=O) groups is 1. The minimum absolute atomic E-state index is 0.180. The van der Waals surface area contributed by atoms with E-state index in [9.17, 15) is 4.79 Å². The van der Waals surface area contributed by atoms with Gasteiger partial charge in [-0.2, -0.15) is 0 Å². The number of aromatic nitrogens is 1. The minimum atomic E-state index is -0.493. The van der Waals surface area contributed by atoms with Crippen LogP contribution in [0.4, 0.5) is 4.79 Å². The average Bonchev–Trinajstić information content (AvgIpc) is 2.88. The molecule has 2 aliphatic heterocycles. The van der Waals surface area contributed by atoms with Crippen LogP contribution in [0.25, 0.3) is 0 Å². The number of amides is 1. The fraction of sp³-hybridized carbons (Fsp3) is 0.750. The molecule has 0 spiro atoms. The van der Waals surface area contributed by atoms with E-state index in [1.807, 2.05) is 25.7 Å². The molecule has 1 atom stereocenters. The van der Waals surface area contributed by atoms with E-state index in [-0.39, 0.29) is 23.2 Å². The Morgan fingerprint density at radius 2 is 1.87 bits per heavy atom. The van der Waals surface area contributed by atoms with E-state index in [2.05, 4.69) is 46.8 Å². The Labute approximate surface area is 188 Å². The molecule has 0 radical (unpaired) electrons. The number of pyridine rings is 1. The van der Waals surface area contributed by atoms with Crippen molar-refractivity contribution in [3.63, 3.8) is 0 Å². The molecule has 1 aromatic rings. The molecule has 2 aliphatic rings. The van der Waals surface area contributed by atoms with E-state index >= 15 is 0 Å². The Bertz CT molecular complexity index is 787. The largest absolute Gasteiger partial charge is 0.494 e. The van der Waals surface area contributed by atoms with Gasteiger partial charge in [-0.3, -0.25) is 4.98 Å². The number of aryl methyl sites for hydroxylation is 1. The van der Waals surface area contributed by atoms with Crippen LogP contribution in [0.15, 0.2) is 12.1 Å². The standard InChI is InChI=1S/C24H39BN2O4/c1-9-11-19-14-18(25-30-23(5,6)24(7,8)31-25)15-20(26-19)17-12-10-13-27(16-17)21(28)29-22(2,3)4/h14-15,17H,9-13,16H2,1-8H3. The molecule has 3 rings (SSSR count). The summed E-state index contributed by atoms with van der Waals surface area (Å²) in [6.45, 7) is 17.5. The van der Waals surface area contributed by atoms with E-state index < -0.39 is 12.7 Å². The Kier molecular flexibility index (Phi) is 6.78. The molecule has 1 aromatic heterocycles. The number of hydrogen-bond donors (Lipinski definition) is 0. The van der Waals surface area contributed by atoms with Gasteiger partial charge in [0.25, 0.3) is 0 Å². The van der Waals surface area contributed by atoms with E-state index in [1.54, 1.807) is 0 Å². The predicted octanol–water partition coefficient (Wildman–Crippen LogP) is 4.45. The Morgan fingerprint density at radius 1 is 1.23 bits per heavy atom. The summed E-state index contributed by atoms with van der Waals surface area (Å²) in [6, 6.07) is 4.23. The Hall–Kier alpha value is -1.60. The first-order chi connectivity index (χ1) is 14.3. The molecule has 0 aromatic carbocycles. The van der Waals surface area contributed by atoms with E-state index in [0.29, 0.717) is 6.54 Å². The molecule has 172 valence electrons. The van der Waals surface area contributed by atoms with E-state index in [1.165, 1.54) is 0 Å². The highest BCUT2D eigenvalue weighted by molar-refractivity contribution is 6.62. The highest BCUT2D eigenvalue weighted by Gasteiger charge is 2.52. The molecule has 6 nitrogen and oxygen atoms in total. The summed E-state index contributed by atoms with van der Waals surface area (Å²) < 4.78 is 18.2. The monoisotopic (exact) mass is 430 g/mol. The van der Waals surface area contributed by atoms with Crippen molar-refractivity contribution >= 4 is 18.7 Å². The van der Waals surface area contributed by atoms with Crippen LogP contribution in [0.5, 0.6) is 0 Å². The third kappa shape index (κ3) is 5.61. The van der Waals surface area contributed by atoms with Gasteiger partial charge in [0.2, 0.25) is 0 Å². The number of nitrogens with zero attached hydrogens (tertiary/aromatic N) is 2. The summed E-state index contributed by atoms with van der Waals surface area (Å²) >= 11 is 0. The molecule has 3 heterocycles. The Balaban J connectivity index is 1.85. The second-order valence-corrected chi connectivity index (χ2v) is 10.9. The highest BCUT2D eigenvalue weighted by Crippen LogP contribution is 2.37. The van der Waals surface area contributed by atoms with Crippen LogP contribution in [-0.4, -0.2) is 53.0 Å². The quantitative estimate of drug-likeness (QED) is 0.661. The van der Waals surface area contributed by atoms with Gasteiger partial charge in [0.1, 0.15) is 5.60 Å². The first kappa shape index (κ1) is 24.1. The van der Waals surface area contributed by atoms with Crippen LogP contribution < -0.4 is 5.46 Å². The average molecular weight is 430 g/mol. The fourth-order valence-electron chi connectivity index (χ4n) is 4.05. The lowest BCUT2D eigenvalue weighted by atomic mass is 9.77. The molecule has 2 fully saturated rings. The van der Waals surface area contributed by atoms with Crippen molar-refractivity contribution < 1.29 is 18.8 Å². The molecule has 7 heteroatoms. The van der Waals surface area contributed by atoms with E-state index in [4.69, 9.17) is 19.0 Å². The van der Waals surface area contributed by atoms with Crippen molar-refractivity contribution in [2.45, 2.75) is 104 Å². The molecule has 0 bridgehead atoms. The zero-order chi connectivity index (χ0) is 23.0. The smallest absolute Gasteiger partial charge is 0.444 e. The highest BCUT2D eigenvalue weighted by atomic mass is 16.7. The molecule has 0 N–H and O–H groups in total. The summed E-state index contributed by atoms with van der Waals surface area (Å²) in [5.74, 6) is 0.180. The minimum Gasteiger partial charge on any atom is -0.444 e. The first-order valence-electron chi connectivity index (χ1n) is 11.7. The number of hydrogen-bond acceptors (Lipinski definition) is 5. The summed E-state index contributed by atoms with van der Waals surface area (Å²) in [5.41, 5.74) is 1.83. The zero-order valence-electron chi connectivity index (χ0n) is 20.6. The van der Waals surface area contributed by atoms with Gasteiger partial charge >= 0.3 is 13.2 Å². The summed E-state index contributed by atoms with van der Waals surface area (Å²) in [5, 5.41) is 0. The van der Waals surface area contributed by atoms with Gasteiger partial charge in [-0.1, -0.05) is 13.3 Å². The van der Waals surface area contributed by atoms with Crippen molar-refractivity contribution in [2.75, 3.05) is 13.1 Å². The number of rotatable bonds is 4. The second-order valence-electron chi connectivity index (χ2n) is 10.9. The maximum atomic E-state index is 12.6. The Morgan fingerprint density at radius 3 is 2.45 bits per heavy atom. The van der Waals surface area contributed by atoms with Crippen molar-refractivity contribution in [1.29, 1.82) is 0 Å². The third-order valence-corrected chi connectivity index (χ3v) is 6.44. The van der Waals surface area contributed by atoms with Crippen LogP contribution in [0.1, 0.15) is 92.0 Å². The van der Waals surface area contributed by atoms with Crippen molar-refractivity contribution in [3.05, 3.63) is 23.5 Å². The van der Waals surface area contributed by atoms with Gasteiger partial charge in [-0.15, -0.1) is 0 Å². The number of carbonyl (C=O) groups excluding carboxylic acids is 1. The molecule has 0 aliphatic carbocycles. The van der Waals surface area contributed by atoms with Gasteiger partial charge in [0, 0.05) is 30.4 Å². The lowest BCUT2D eigenvalue weighted by Crippen LogP contribution is -2.43. The molecule has 1 unspecified atom stereocenters. The SMILES string of the molecule is CCCc1cc(B2OC(C)(C)C(C)(C)O2)cc(C2CCCN(C(=O)OC(C)(C)C)C2)n1. The topological polar surface area (TPSA) is 60.9 Å². The maximum Gasteiger partial charge on any atom is 0.494 e. The lowest BCUT2D eigenvalue weighted by Gasteiger charge is -2.34. The van der Waals surface area contributed by atoms with Gasteiger partial charge in [0.05, 0.1) is 11.2 Å². The van der Waals surface area contributed by atoms with Gasteiger partial charge in [-0.25, -0.2) is 4.79 Å². The third-order valence-electron chi connectivity index (χ3n) is 6.44. The second kappa shape index (κ2) is 8.74. The van der Waals surface area contributed by atoms with E-state index in [0.717, 1.165) is 49.1 Å². The van der Waals surface area contributed by atoms with Crippen LogP contribution >= 0.6 is 0 Å². The lowest BCUT2D eigenvalue weighted by molar-refractivity contribution is 0.00578. The molecular weight excluding hydrogens is 391 g/mol. The van der Waals surface area contributed by atoms with Crippen LogP contribution in [-0.2, 0) is 20.5 Å². The molecule has 31 heavy (non-hydrogen) atoms. The number of ether oxygens (including phenoxy) is 1. The zero-order valence-corrected chi connectivity index (χ0v) is 20.6. The first-order valence-corrected chi connectivity index (χ1v) is 11.7. The van der Waals surface area contributed by atoms with Crippen molar-refractivity contribution in [3.8, 4) is 0 Å². The van der Waals surface area contributed by atoms with Gasteiger partial charge in [-0.05, 0) is 85.3 Å². The van der Waals surface area contributed by atoms with Crippen molar-refractivity contribution in [2.24, 2.45) is 0 Å². The molecular formula is C24H39BN2O4. The summed E-state index contributed by atoms with van der Waals surface area (Å²) in [7, 11) is -0.409. The molecule has 2 saturated heterocycles. The van der Waals surface area contributed by atoms with Crippen molar-refractivity contribution in [1.82, 2.24) is 9.88 Å². The number of piperidine rings is 1. The van der Waals surface area contributed by atoms with Crippen LogP contribution in [0.2, 0.25) is 0 Å². The van der Waals surface area contributed by atoms with Gasteiger partial charge < -0.3 is 18.9 Å². The van der Waals surface area contributed by atoms with Gasteiger partial charge in [0.15, 0.2) is 0 Å². The summed E-state index contributed by atoms with van der Waals surface area (Å²) in [6.07, 6.45) is 3.63. The normalized spacial score (nSPS) is 23.2. The van der Waals surface area contributed by atoms with Crippen LogP contribution in [0.3, 0.4) is 0 Å². The predicted molar refractivity (Wildman–Crippen MR) is 124 cm³/mol. The molecule has 1 amide bonds. The van der Waals surface area contributed by atoms with Crippen LogP contribution in [0, 0.1) is 0 Å².